The van der Waals surface area contributed by atoms with Gasteiger partial charge in [-0.1, -0.05) is 42.5 Å². The van der Waals surface area contributed by atoms with Crippen LogP contribution >= 0.6 is 0 Å². The second-order valence-electron chi connectivity index (χ2n) is 7.88. The lowest BCUT2D eigenvalue weighted by Gasteiger charge is -2.40. The van der Waals surface area contributed by atoms with E-state index in [1.807, 2.05) is 29.2 Å². The van der Waals surface area contributed by atoms with E-state index >= 15 is 0 Å². The van der Waals surface area contributed by atoms with Crippen LogP contribution in [0.15, 0.2) is 54.6 Å². The van der Waals surface area contributed by atoms with Gasteiger partial charge >= 0.3 is 6.03 Å². The Morgan fingerprint density at radius 2 is 1.62 bits per heavy atom. The highest BCUT2D eigenvalue weighted by Crippen LogP contribution is 2.34. The number of urea groups is 1. The Hall–Kier alpha value is -2.73. The minimum atomic E-state index is -0.0627. The van der Waals surface area contributed by atoms with E-state index in [0.717, 1.165) is 31.7 Å². The Morgan fingerprint density at radius 1 is 0.966 bits per heavy atom. The molecule has 0 bridgehead atoms. The zero-order valence-electron chi connectivity index (χ0n) is 16.7. The molecule has 0 unspecified atom stereocenters. The second-order valence-corrected chi connectivity index (χ2v) is 7.88. The van der Waals surface area contributed by atoms with Crippen molar-refractivity contribution in [3.8, 4) is 5.75 Å². The van der Waals surface area contributed by atoms with Crippen LogP contribution in [0.2, 0.25) is 0 Å². The lowest BCUT2D eigenvalue weighted by Crippen LogP contribution is -2.54. The number of carbonyl (C=O) groups is 1. The van der Waals surface area contributed by atoms with E-state index in [-0.39, 0.29) is 17.2 Å². The topological polar surface area (TPSA) is 65.0 Å². The predicted molar refractivity (Wildman–Crippen MR) is 113 cm³/mol. The molecule has 0 atom stereocenters. The second kappa shape index (κ2) is 8.74. The van der Waals surface area contributed by atoms with Crippen molar-refractivity contribution in [1.82, 2.24) is 10.2 Å². The highest BCUT2D eigenvalue weighted by Gasteiger charge is 2.35. The van der Waals surface area contributed by atoms with E-state index in [9.17, 15) is 9.90 Å². The van der Waals surface area contributed by atoms with Crippen molar-refractivity contribution in [1.29, 1.82) is 0 Å². The van der Waals surface area contributed by atoms with Gasteiger partial charge in [0.15, 0.2) is 0 Å². The third-order valence-corrected chi connectivity index (χ3v) is 6.20. The molecule has 29 heavy (non-hydrogen) atoms. The van der Waals surface area contributed by atoms with Gasteiger partial charge in [0.1, 0.15) is 5.75 Å². The normalized spacial score (nSPS) is 19.0. The molecule has 154 valence electrons. The van der Waals surface area contributed by atoms with Gasteiger partial charge in [-0.15, -0.1) is 0 Å². The summed E-state index contributed by atoms with van der Waals surface area (Å²) in [5.41, 5.74) is 2.04. The first-order chi connectivity index (χ1) is 14.2. The molecule has 0 radical (unpaired) electrons. The number of para-hydroxylation sites is 2. The van der Waals surface area contributed by atoms with Crippen LogP contribution in [0.1, 0.15) is 18.4 Å². The number of hydrogen-bond donors (Lipinski definition) is 2. The Bertz CT molecular complexity index is 813. The van der Waals surface area contributed by atoms with Gasteiger partial charge in [-0.25, -0.2) is 4.79 Å². The molecule has 0 saturated carbocycles. The molecular weight excluding hydrogens is 366 g/mol. The number of ether oxygens (including phenoxy) is 1. The zero-order valence-corrected chi connectivity index (χ0v) is 16.7. The van der Waals surface area contributed by atoms with Crippen LogP contribution in [0.4, 0.5) is 10.5 Å². The summed E-state index contributed by atoms with van der Waals surface area (Å²) in [4.78, 5) is 16.8. The quantitative estimate of drug-likeness (QED) is 0.835. The van der Waals surface area contributed by atoms with Gasteiger partial charge in [-0.3, -0.25) is 0 Å². The number of piperazine rings is 1. The van der Waals surface area contributed by atoms with E-state index in [1.165, 1.54) is 5.56 Å². The van der Waals surface area contributed by atoms with Crippen LogP contribution in [0.25, 0.3) is 0 Å². The van der Waals surface area contributed by atoms with E-state index in [4.69, 9.17) is 4.74 Å². The molecule has 0 aliphatic carbocycles. The molecule has 4 rings (SSSR count). The summed E-state index contributed by atoms with van der Waals surface area (Å²) in [6.45, 7) is 4.78. The summed E-state index contributed by atoms with van der Waals surface area (Å²) >= 11 is 0. The minimum absolute atomic E-state index is 0.0104. The Labute approximate surface area is 172 Å². The third kappa shape index (κ3) is 4.32. The van der Waals surface area contributed by atoms with Crippen molar-refractivity contribution >= 4 is 11.7 Å². The molecule has 0 spiro atoms. The number of nitrogens with zero attached hydrogens (tertiary/aromatic N) is 2. The summed E-state index contributed by atoms with van der Waals surface area (Å²) < 4.78 is 5.58. The number of nitrogens with one attached hydrogen (secondary N) is 1. The van der Waals surface area contributed by atoms with Crippen molar-refractivity contribution in [2.75, 3.05) is 50.8 Å². The van der Waals surface area contributed by atoms with E-state index < -0.39 is 0 Å². The molecule has 0 aromatic heterocycles. The predicted octanol–water partition coefficient (Wildman–Crippen LogP) is 2.97. The van der Waals surface area contributed by atoms with Crippen LogP contribution in [-0.4, -0.2) is 62.0 Å². The van der Waals surface area contributed by atoms with Gasteiger partial charge < -0.3 is 25.0 Å². The average Bonchev–Trinajstić information content (AvgIpc) is 2.79. The number of amides is 2. The molecule has 2 aromatic carbocycles. The standard InChI is InChI=1S/C23H29N3O3/c27-21-9-5-4-8-20(21)25-12-14-26(15-13-25)22(28)24-18-23(10-16-29-17-11-23)19-6-2-1-3-7-19/h1-9,27H,10-18H2,(H,24,28). The maximum Gasteiger partial charge on any atom is 0.317 e. The lowest BCUT2D eigenvalue weighted by atomic mass is 9.74. The molecule has 2 fully saturated rings. The summed E-state index contributed by atoms with van der Waals surface area (Å²) in [7, 11) is 0. The molecule has 2 N–H and O–H groups in total. The SMILES string of the molecule is O=C(NCC1(c2ccccc2)CCOCC1)N1CCN(c2ccccc2O)CC1. The number of carbonyl (C=O) groups excluding carboxylic acids is 1. The van der Waals surface area contributed by atoms with E-state index in [2.05, 4.69) is 34.5 Å². The molecule has 6 nitrogen and oxygen atoms in total. The highest BCUT2D eigenvalue weighted by atomic mass is 16.5. The van der Waals surface area contributed by atoms with Gasteiger partial charge in [0, 0.05) is 51.4 Å². The van der Waals surface area contributed by atoms with E-state index in [1.54, 1.807) is 6.07 Å². The molecular formula is C23H29N3O3. The van der Waals surface area contributed by atoms with Crippen molar-refractivity contribution in [2.24, 2.45) is 0 Å². The summed E-state index contributed by atoms with van der Waals surface area (Å²) in [5, 5.41) is 13.2. The molecule has 2 aromatic rings. The highest BCUT2D eigenvalue weighted by molar-refractivity contribution is 5.75. The fourth-order valence-electron chi connectivity index (χ4n) is 4.36. The molecule has 2 aliphatic heterocycles. The number of phenols is 1. The number of benzene rings is 2. The summed E-state index contributed by atoms with van der Waals surface area (Å²) in [6, 6.07) is 17.8. The van der Waals surface area contributed by atoms with Gasteiger partial charge in [0.2, 0.25) is 0 Å². The van der Waals surface area contributed by atoms with E-state index in [0.29, 0.717) is 32.7 Å². The molecule has 2 saturated heterocycles. The molecule has 2 heterocycles. The van der Waals surface area contributed by atoms with Crippen LogP contribution < -0.4 is 10.2 Å². The molecule has 2 aliphatic rings. The third-order valence-electron chi connectivity index (χ3n) is 6.20. The van der Waals surface area contributed by atoms with Crippen LogP contribution in [0.3, 0.4) is 0 Å². The monoisotopic (exact) mass is 395 g/mol. The maximum absolute atomic E-state index is 12.8. The Balaban J connectivity index is 1.35. The van der Waals surface area contributed by atoms with Crippen LogP contribution in [-0.2, 0) is 10.2 Å². The number of rotatable bonds is 4. The Morgan fingerprint density at radius 3 is 2.31 bits per heavy atom. The van der Waals surface area contributed by atoms with Gasteiger partial charge in [0.25, 0.3) is 0 Å². The summed E-state index contributed by atoms with van der Waals surface area (Å²) in [6.07, 6.45) is 1.83. The van der Waals surface area contributed by atoms with Crippen molar-refractivity contribution in [2.45, 2.75) is 18.3 Å². The number of phenolic OH excluding ortho intramolecular Hbond substituents is 1. The van der Waals surface area contributed by atoms with Crippen molar-refractivity contribution < 1.29 is 14.6 Å². The van der Waals surface area contributed by atoms with Crippen LogP contribution in [0.5, 0.6) is 5.75 Å². The number of hydrogen-bond acceptors (Lipinski definition) is 4. The lowest BCUT2D eigenvalue weighted by molar-refractivity contribution is 0.0501. The largest absolute Gasteiger partial charge is 0.506 e. The average molecular weight is 396 g/mol. The van der Waals surface area contributed by atoms with Crippen molar-refractivity contribution in [3.05, 3.63) is 60.2 Å². The molecule has 2 amide bonds. The first-order valence-electron chi connectivity index (χ1n) is 10.4. The Kier molecular flexibility index (Phi) is 5.90. The fourth-order valence-corrected chi connectivity index (χ4v) is 4.36. The summed E-state index contributed by atoms with van der Waals surface area (Å²) in [5.74, 6) is 0.287. The van der Waals surface area contributed by atoms with Gasteiger partial charge in [-0.2, -0.15) is 0 Å². The smallest absolute Gasteiger partial charge is 0.317 e. The molecule has 6 heteroatoms. The van der Waals surface area contributed by atoms with Crippen LogP contribution in [0, 0.1) is 0 Å². The van der Waals surface area contributed by atoms with Crippen molar-refractivity contribution in [3.63, 3.8) is 0 Å². The van der Waals surface area contributed by atoms with Gasteiger partial charge in [0.05, 0.1) is 5.69 Å². The minimum Gasteiger partial charge on any atom is -0.506 e. The van der Waals surface area contributed by atoms with Gasteiger partial charge in [-0.05, 0) is 30.5 Å². The number of anilines is 1. The number of aromatic hydroxyl groups is 1. The first-order valence-corrected chi connectivity index (χ1v) is 10.4. The fraction of sp³-hybridized carbons (Fsp3) is 0.435. The maximum atomic E-state index is 12.8. The first kappa shape index (κ1) is 19.6. The zero-order chi connectivity index (χ0) is 20.1.